The predicted octanol–water partition coefficient (Wildman–Crippen LogP) is 2.87. The van der Waals surface area contributed by atoms with Gasteiger partial charge in [0.05, 0.1) is 23.6 Å². The zero-order chi connectivity index (χ0) is 22.9. The Morgan fingerprint density at radius 3 is 2.50 bits per heavy atom. The van der Waals surface area contributed by atoms with E-state index in [4.69, 9.17) is 5.73 Å². The second-order valence-electron chi connectivity index (χ2n) is 9.15. The summed E-state index contributed by atoms with van der Waals surface area (Å²) >= 11 is 4.37. The minimum absolute atomic E-state index is 0.225. The average Bonchev–Trinajstić information content (AvgIpc) is 3.14. The van der Waals surface area contributed by atoms with Gasteiger partial charge in [-0.1, -0.05) is 12.8 Å². The Morgan fingerprint density at radius 1 is 1.22 bits per heavy atom. The van der Waals surface area contributed by atoms with Crippen LogP contribution >= 0.6 is 12.6 Å². The highest BCUT2D eigenvalue weighted by Gasteiger charge is 2.37. The molecule has 1 aromatic carbocycles. The number of alkyl halides is 1. The molecule has 0 spiro atoms. The number of aryl methyl sites for hydroxylation is 1. The van der Waals surface area contributed by atoms with Crippen molar-refractivity contribution in [3.63, 3.8) is 0 Å². The van der Waals surface area contributed by atoms with E-state index in [1.807, 2.05) is 25.4 Å². The van der Waals surface area contributed by atoms with Crippen molar-refractivity contribution in [2.24, 2.45) is 18.7 Å². The lowest BCUT2D eigenvalue weighted by Crippen LogP contribution is -2.41. The molecule has 0 aliphatic heterocycles. The quantitative estimate of drug-likeness (QED) is 0.575. The van der Waals surface area contributed by atoms with Crippen molar-refractivity contribution >= 4 is 23.5 Å². The minimum atomic E-state index is -0.375. The molecule has 2 aromatic heterocycles. The molecule has 3 aromatic rings. The SMILES string of the molecule is Cn1cc(Cn2c(=O)c3cc(S)ccc3n(CC3CCCC3)c2=O)cn1.NC1(CF)CC1. The molecule has 0 bridgehead atoms. The molecule has 0 radical (unpaired) electrons. The number of halogens is 1. The molecule has 0 unspecified atom stereocenters. The smallest absolute Gasteiger partial charge is 0.323 e. The summed E-state index contributed by atoms with van der Waals surface area (Å²) in [6.45, 7) is 0.546. The number of thiol groups is 1. The first-order valence-electron chi connectivity index (χ1n) is 11.1. The van der Waals surface area contributed by atoms with Gasteiger partial charge in [-0.25, -0.2) is 9.18 Å². The topological polar surface area (TPSA) is 87.8 Å². The van der Waals surface area contributed by atoms with E-state index in [2.05, 4.69) is 17.7 Å². The van der Waals surface area contributed by atoms with Crippen molar-refractivity contribution in [1.29, 1.82) is 0 Å². The summed E-state index contributed by atoms with van der Waals surface area (Å²) < 4.78 is 16.2. The molecule has 2 saturated carbocycles. The summed E-state index contributed by atoms with van der Waals surface area (Å²) in [6.07, 6.45) is 9.98. The van der Waals surface area contributed by atoms with Crippen LogP contribution in [0.3, 0.4) is 0 Å². The number of hydrogen-bond donors (Lipinski definition) is 2. The number of nitrogens with two attached hydrogens (primary N) is 1. The molecule has 2 heterocycles. The van der Waals surface area contributed by atoms with Crippen molar-refractivity contribution in [2.45, 2.75) is 62.0 Å². The normalized spacial score (nSPS) is 17.4. The van der Waals surface area contributed by atoms with E-state index in [1.165, 1.54) is 17.4 Å². The van der Waals surface area contributed by atoms with Crippen LogP contribution in [0.5, 0.6) is 0 Å². The standard InChI is InChI=1S/C19H22N4O2S.C4H8FN/c1-21-10-14(9-20-21)12-23-18(24)16-8-15(26)6-7-17(16)22(19(23)25)11-13-4-2-3-5-13;5-3-4(6)1-2-4/h6-10,13,26H,2-5,11-12H2,1H3;1-3,6H2. The maximum atomic E-state index is 13.2. The third-order valence-electron chi connectivity index (χ3n) is 6.38. The zero-order valence-corrected chi connectivity index (χ0v) is 19.2. The Bertz CT molecular complexity index is 1220. The summed E-state index contributed by atoms with van der Waals surface area (Å²) in [7, 11) is 1.82. The van der Waals surface area contributed by atoms with Crippen molar-refractivity contribution < 1.29 is 4.39 Å². The van der Waals surface area contributed by atoms with E-state index in [0.29, 0.717) is 28.3 Å². The fourth-order valence-electron chi connectivity index (χ4n) is 4.21. The highest BCUT2D eigenvalue weighted by atomic mass is 32.1. The number of rotatable bonds is 5. The first-order chi connectivity index (χ1) is 15.3. The Hall–Kier alpha value is -2.39. The number of benzene rings is 1. The fourth-order valence-corrected chi connectivity index (χ4v) is 4.41. The molecule has 2 N–H and O–H groups in total. The molecule has 32 heavy (non-hydrogen) atoms. The summed E-state index contributed by atoms with van der Waals surface area (Å²) in [4.78, 5) is 26.9. The van der Waals surface area contributed by atoms with Gasteiger partial charge in [-0.2, -0.15) is 5.10 Å². The first-order valence-corrected chi connectivity index (χ1v) is 11.5. The first kappa shape index (κ1) is 22.8. The van der Waals surface area contributed by atoms with Crippen LogP contribution in [0.1, 0.15) is 44.1 Å². The van der Waals surface area contributed by atoms with Gasteiger partial charge >= 0.3 is 5.69 Å². The van der Waals surface area contributed by atoms with Gasteiger partial charge in [0.25, 0.3) is 5.56 Å². The molecule has 7 nitrogen and oxygen atoms in total. The maximum Gasteiger partial charge on any atom is 0.331 e. The van der Waals surface area contributed by atoms with Gasteiger partial charge in [0, 0.05) is 35.8 Å². The molecular formula is C23H30FN5O2S. The third-order valence-corrected chi connectivity index (χ3v) is 6.66. The van der Waals surface area contributed by atoms with Crippen LogP contribution in [0.2, 0.25) is 0 Å². The Labute approximate surface area is 191 Å². The number of fused-ring (bicyclic) bond motifs is 1. The monoisotopic (exact) mass is 459 g/mol. The molecule has 172 valence electrons. The van der Waals surface area contributed by atoms with E-state index < -0.39 is 0 Å². The van der Waals surface area contributed by atoms with E-state index in [9.17, 15) is 14.0 Å². The van der Waals surface area contributed by atoms with Gasteiger partial charge < -0.3 is 5.73 Å². The molecule has 0 saturated heterocycles. The Morgan fingerprint density at radius 2 is 1.94 bits per heavy atom. The van der Waals surface area contributed by atoms with E-state index in [-0.39, 0.29) is 30.0 Å². The van der Waals surface area contributed by atoms with Crippen molar-refractivity contribution in [2.75, 3.05) is 6.67 Å². The van der Waals surface area contributed by atoms with Crippen molar-refractivity contribution in [1.82, 2.24) is 18.9 Å². The Balaban J connectivity index is 0.000000354. The highest BCUT2D eigenvalue weighted by Crippen LogP contribution is 2.31. The summed E-state index contributed by atoms with van der Waals surface area (Å²) in [5.74, 6) is 0.496. The second kappa shape index (κ2) is 9.23. The number of nitrogens with zero attached hydrogens (tertiary/aromatic N) is 4. The minimum Gasteiger partial charge on any atom is -0.323 e. The van der Waals surface area contributed by atoms with Gasteiger partial charge in [-0.3, -0.25) is 18.6 Å². The molecule has 2 fully saturated rings. The highest BCUT2D eigenvalue weighted by molar-refractivity contribution is 7.80. The molecule has 5 rings (SSSR count). The van der Waals surface area contributed by atoms with Gasteiger partial charge in [-0.15, -0.1) is 12.6 Å². The van der Waals surface area contributed by atoms with Crippen LogP contribution in [0, 0.1) is 5.92 Å². The largest absolute Gasteiger partial charge is 0.331 e. The lowest BCUT2D eigenvalue weighted by molar-refractivity contribution is 0.417. The molecule has 0 amide bonds. The van der Waals surface area contributed by atoms with Crippen LogP contribution in [0.4, 0.5) is 4.39 Å². The summed E-state index contributed by atoms with van der Waals surface area (Å²) in [5, 5.41) is 4.68. The maximum absolute atomic E-state index is 13.2. The van der Waals surface area contributed by atoms with Gasteiger partial charge in [-0.05, 0) is 49.8 Å². The van der Waals surface area contributed by atoms with Crippen LogP contribution in [0.25, 0.3) is 10.9 Å². The summed E-state index contributed by atoms with van der Waals surface area (Å²) in [6, 6.07) is 5.43. The van der Waals surface area contributed by atoms with Gasteiger partial charge in [0.1, 0.15) is 6.67 Å². The fraction of sp³-hybridized carbons (Fsp3) is 0.522. The molecule has 9 heteroatoms. The van der Waals surface area contributed by atoms with Crippen LogP contribution < -0.4 is 17.0 Å². The lowest BCUT2D eigenvalue weighted by atomic mass is 10.1. The lowest BCUT2D eigenvalue weighted by Gasteiger charge is -2.17. The number of hydrogen-bond acceptors (Lipinski definition) is 5. The Kier molecular flexibility index (Phi) is 6.57. The van der Waals surface area contributed by atoms with Crippen LogP contribution in [0.15, 0.2) is 45.1 Å². The van der Waals surface area contributed by atoms with Gasteiger partial charge in [0.15, 0.2) is 0 Å². The average molecular weight is 460 g/mol. The van der Waals surface area contributed by atoms with E-state index in [1.54, 1.807) is 21.5 Å². The van der Waals surface area contributed by atoms with Crippen LogP contribution in [-0.2, 0) is 20.1 Å². The van der Waals surface area contributed by atoms with Crippen molar-refractivity contribution in [3.05, 3.63) is 57.0 Å². The molecule has 2 aliphatic rings. The summed E-state index contributed by atoms with van der Waals surface area (Å²) in [5.41, 5.74) is 5.91. The molecule has 2 aliphatic carbocycles. The number of aromatic nitrogens is 4. The second-order valence-corrected chi connectivity index (χ2v) is 9.67. The third kappa shape index (κ3) is 4.99. The molecule has 0 atom stereocenters. The van der Waals surface area contributed by atoms with Crippen molar-refractivity contribution in [3.8, 4) is 0 Å². The predicted molar refractivity (Wildman–Crippen MR) is 126 cm³/mol. The van der Waals surface area contributed by atoms with Gasteiger partial charge in [0.2, 0.25) is 0 Å². The van der Waals surface area contributed by atoms with Crippen LogP contribution in [-0.4, -0.2) is 31.1 Å². The van der Waals surface area contributed by atoms with E-state index in [0.717, 1.165) is 31.2 Å². The van der Waals surface area contributed by atoms with E-state index >= 15 is 0 Å². The molecular weight excluding hydrogens is 429 g/mol. The zero-order valence-electron chi connectivity index (χ0n) is 18.3.